The van der Waals surface area contributed by atoms with Crippen molar-refractivity contribution >= 4 is 43.1 Å². The molecule has 0 aromatic heterocycles. The quantitative estimate of drug-likeness (QED) is 0.0323. The van der Waals surface area contributed by atoms with E-state index in [-0.39, 0.29) is 25.8 Å². The van der Waals surface area contributed by atoms with E-state index in [0.717, 1.165) is 46.6 Å². The van der Waals surface area contributed by atoms with Gasteiger partial charge < -0.3 is 28.4 Å². The molecule has 6 nitrogen and oxygen atoms in total. The van der Waals surface area contributed by atoms with Gasteiger partial charge in [-0.1, -0.05) is 160 Å². The lowest BCUT2D eigenvalue weighted by atomic mass is 9.87. The minimum Gasteiger partial charge on any atom is -0.467 e. The van der Waals surface area contributed by atoms with Crippen molar-refractivity contribution in [3.8, 4) is 33.8 Å². The molecule has 0 aliphatic carbocycles. The Kier molecular flexibility index (Phi) is 17.6. The van der Waals surface area contributed by atoms with E-state index in [9.17, 15) is 0 Å². The molecule has 0 saturated carbocycles. The summed E-state index contributed by atoms with van der Waals surface area (Å²) >= 11 is 0. The normalized spacial score (nSPS) is 12.6. The van der Waals surface area contributed by atoms with Gasteiger partial charge in [0.1, 0.15) is 11.5 Å². The van der Waals surface area contributed by atoms with Gasteiger partial charge >= 0.3 is 0 Å². The van der Waals surface area contributed by atoms with Crippen LogP contribution in [0.5, 0.6) is 11.5 Å². The summed E-state index contributed by atoms with van der Waals surface area (Å²) in [5.74, 6) is 1.60. The zero-order valence-corrected chi connectivity index (χ0v) is 43.1. The van der Waals surface area contributed by atoms with E-state index >= 15 is 0 Å². The number of hydrogen-bond donors (Lipinski definition) is 0. The van der Waals surface area contributed by atoms with Crippen LogP contribution in [-0.2, 0) is 44.6 Å². The lowest BCUT2D eigenvalue weighted by Crippen LogP contribution is -2.34. The first kappa shape index (κ1) is 50.6. The fourth-order valence-electron chi connectivity index (χ4n) is 10.4. The Bertz CT molecular complexity index is 3020. The Labute approximate surface area is 417 Å². The lowest BCUT2D eigenvalue weighted by molar-refractivity contribution is -0.0360. The third-order valence-electron chi connectivity index (χ3n) is 14.1. The number of hydrogen-bond acceptors (Lipinski definition) is 6. The van der Waals surface area contributed by atoms with Crippen LogP contribution in [0.1, 0.15) is 99.6 Å². The molecule has 8 aromatic rings. The molecule has 0 N–H and O–H groups in total. The topological polar surface area (TPSA) is 55.4 Å². The van der Waals surface area contributed by atoms with Crippen molar-refractivity contribution in [3.05, 3.63) is 155 Å². The lowest BCUT2D eigenvalue weighted by Gasteiger charge is -2.28. The number of fused-ring (bicyclic) bond motifs is 4. The minimum absolute atomic E-state index is 0.130. The third kappa shape index (κ3) is 11.5. The van der Waals surface area contributed by atoms with Crippen LogP contribution in [0.15, 0.2) is 121 Å². The highest BCUT2D eigenvalue weighted by atomic mass is 16.7. The Hall–Kier alpha value is -5.76. The second-order valence-electron chi connectivity index (χ2n) is 19.0. The van der Waals surface area contributed by atoms with Crippen molar-refractivity contribution in [2.75, 3.05) is 41.0 Å². The molecule has 8 aromatic carbocycles. The fraction of sp³-hybridized carbons (Fsp3) is 0.375. The second-order valence-corrected chi connectivity index (χ2v) is 19.0. The molecular weight excluding hydrogens is 865 g/mol. The largest absolute Gasteiger partial charge is 0.467 e. The highest BCUT2D eigenvalue weighted by Gasteiger charge is 2.28. The van der Waals surface area contributed by atoms with E-state index in [0.29, 0.717) is 26.1 Å². The Morgan fingerprint density at radius 2 is 0.900 bits per heavy atom. The maximum atomic E-state index is 6.77. The Balaban J connectivity index is 1.21. The zero-order chi connectivity index (χ0) is 49.0. The molecule has 0 radical (unpaired) electrons. The maximum Gasteiger partial charge on any atom is 0.189 e. The van der Waals surface area contributed by atoms with Gasteiger partial charge in [0.2, 0.25) is 0 Å². The van der Waals surface area contributed by atoms with Crippen LogP contribution >= 0.6 is 0 Å². The van der Waals surface area contributed by atoms with Crippen molar-refractivity contribution in [2.24, 2.45) is 0 Å². The van der Waals surface area contributed by atoms with Gasteiger partial charge in [0.15, 0.2) is 13.6 Å². The molecule has 0 fully saturated rings. The van der Waals surface area contributed by atoms with Crippen LogP contribution in [-0.4, -0.2) is 53.2 Å². The molecular formula is C64H74O6. The summed E-state index contributed by atoms with van der Waals surface area (Å²) in [5.41, 5.74) is 11.6. The van der Waals surface area contributed by atoms with Crippen LogP contribution < -0.4 is 9.47 Å². The average molecular weight is 939 g/mol. The molecule has 6 heteroatoms. The summed E-state index contributed by atoms with van der Waals surface area (Å²) in [6.45, 7) is 14.2. The summed E-state index contributed by atoms with van der Waals surface area (Å²) in [7, 11) is 3.57. The molecule has 0 amide bonds. The number of rotatable bonds is 25. The van der Waals surface area contributed by atoms with Crippen molar-refractivity contribution in [1.29, 1.82) is 0 Å². The number of unbranched alkanes of at least 4 members (excludes halogenated alkanes) is 4. The molecule has 0 aliphatic rings. The number of benzene rings is 8. The molecule has 2 atom stereocenters. The molecule has 0 spiro atoms. The molecule has 70 heavy (non-hydrogen) atoms. The summed E-state index contributed by atoms with van der Waals surface area (Å²) in [4.78, 5) is 0. The molecule has 0 heterocycles. The monoisotopic (exact) mass is 939 g/mol. The average Bonchev–Trinajstić information content (AvgIpc) is 3.37. The van der Waals surface area contributed by atoms with Crippen LogP contribution in [0.3, 0.4) is 0 Å². The molecule has 0 bridgehead atoms. The summed E-state index contributed by atoms with van der Waals surface area (Å²) in [6.07, 6.45) is 9.73. The standard InChI is InChI=1S/C64H74O6/c1-9-13-15-19-45-28-32-54-52(35-45)38-47-29-25-44(6)34-57(47)61(54)55-23-17-21-49(63(55)69-41-67-11-3)39-59(65-7)60(66-8)40-50-22-18-24-56(64(50)70-42-68-12-4)62-53-31-26-43(5)33-51(53)37-48-30-27-46(36-58(48)62)20-16-14-10-2/h17-18,21-38,59-60H,9-16,19-20,39-42H2,1-8H3/t59-,60-/m1/s1. The van der Waals surface area contributed by atoms with Gasteiger partial charge in [0.05, 0.1) is 12.2 Å². The minimum atomic E-state index is -0.345. The molecule has 8 rings (SSSR count). The summed E-state index contributed by atoms with van der Waals surface area (Å²) in [6, 6.07) is 45.3. The van der Waals surface area contributed by atoms with Crippen molar-refractivity contribution in [3.63, 3.8) is 0 Å². The summed E-state index contributed by atoms with van der Waals surface area (Å²) in [5, 5.41) is 9.69. The van der Waals surface area contributed by atoms with Gasteiger partial charge in [-0.05, 0) is 131 Å². The Morgan fingerprint density at radius 3 is 1.44 bits per heavy atom. The van der Waals surface area contributed by atoms with Crippen molar-refractivity contribution < 1.29 is 28.4 Å². The van der Waals surface area contributed by atoms with Crippen molar-refractivity contribution in [2.45, 2.75) is 118 Å². The Morgan fingerprint density at radius 1 is 0.429 bits per heavy atom. The predicted octanol–water partition coefficient (Wildman–Crippen LogP) is 16.3. The third-order valence-corrected chi connectivity index (χ3v) is 14.1. The van der Waals surface area contributed by atoms with Gasteiger partial charge in [0.25, 0.3) is 0 Å². The van der Waals surface area contributed by atoms with Crippen LogP contribution in [0.2, 0.25) is 0 Å². The van der Waals surface area contributed by atoms with E-state index in [1.807, 2.05) is 13.8 Å². The smallest absolute Gasteiger partial charge is 0.189 e. The first-order chi connectivity index (χ1) is 34.3. The highest BCUT2D eigenvalue weighted by Crippen LogP contribution is 2.45. The van der Waals surface area contributed by atoms with E-state index in [1.165, 1.54) is 115 Å². The predicted molar refractivity (Wildman–Crippen MR) is 293 cm³/mol. The van der Waals surface area contributed by atoms with Crippen molar-refractivity contribution in [1.82, 2.24) is 0 Å². The van der Waals surface area contributed by atoms with E-state index in [2.05, 4.69) is 149 Å². The summed E-state index contributed by atoms with van der Waals surface area (Å²) < 4.78 is 38.3. The number of aryl methyl sites for hydroxylation is 4. The van der Waals surface area contributed by atoms with Gasteiger partial charge in [-0.3, -0.25) is 0 Å². The van der Waals surface area contributed by atoms with Gasteiger partial charge in [-0.2, -0.15) is 0 Å². The number of ether oxygens (including phenoxy) is 6. The van der Waals surface area contributed by atoms with Crippen LogP contribution in [0.25, 0.3) is 65.3 Å². The van der Waals surface area contributed by atoms with E-state index in [4.69, 9.17) is 28.4 Å². The second kappa shape index (κ2) is 24.4. The maximum absolute atomic E-state index is 6.77. The van der Waals surface area contributed by atoms with Gasteiger partial charge in [-0.15, -0.1) is 0 Å². The van der Waals surface area contributed by atoms with Gasteiger partial charge in [-0.25, -0.2) is 0 Å². The first-order valence-corrected chi connectivity index (χ1v) is 25.9. The number of methoxy groups -OCH3 is 2. The molecule has 0 aliphatic heterocycles. The molecule has 366 valence electrons. The van der Waals surface area contributed by atoms with Crippen LogP contribution in [0, 0.1) is 13.8 Å². The first-order valence-electron chi connectivity index (χ1n) is 25.9. The highest BCUT2D eigenvalue weighted by molar-refractivity contribution is 6.15. The molecule has 0 saturated heterocycles. The SMILES string of the molecule is CCCCCc1ccc2c(-c3cccc(C[C@@H](OC)[C@@H](Cc4cccc(-c5c6ccc(C)cc6cc6ccc(CCCCC)cc56)c4OCOCC)OC)c3OCOCC)c3cc(C)ccc3cc2c1. The fourth-order valence-corrected chi connectivity index (χ4v) is 10.4. The van der Waals surface area contributed by atoms with Gasteiger partial charge in [0, 0.05) is 62.5 Å². The van der Waals surface area contributed by atoms with Crippen LogP contribution in [0.4, 0.5) is 0 Å². The zero-order valence-electron chi connectivity index (χ0n) is 43.1. The number of para-hydroxylation sites is 2. The van der Waals surface area contributed by atoms with E-state index < -0.39 is 0 Å². The van der Waals surface area contributed by atoms with E-state index in [1.54, 1.807) is 14.2 Å². The molecule has 0 unspecified atom stereocenters.